The molecule has 3 aromatic rings. The van der Waals surface area contributed by atoms with Crippen LogP contribution >= 0.6 is 0 Å². The van der Waals surface area contributed by atoms with Gasteiger partial charge in [-0.05, 0) is 51.1 Å². The van der Waals surface area contributed by atoms with E-state index in [1.807, 2.05) is 13.8 Å². The number of nitrogens with one attached hydrogen (secondary N) is 3. The molecular formula is C25H30F2N8O3. The SMILES string of the molecule is CC(C)(CO)NCCCOc1ccc2c(NC3=CN(CC(N)=O)N(c4cccc(F)c4F)N3)ncnc2c1. The Morgan fingerprint density at radius 3 is 2.82 bits per heavy atom. The second kappa shape index (κ2) is 11.4. The first-order valence-electron chi connectivity index (χ1n) is 11.9. The van der Waals surface area contributed by atoms with Gasteiger partial charge < -0.3 is 26.2 Å². The normalized spacial score (nSPS) is 13.4. The lowest BCUT2D eigenvalue weighted by atomic mass is 10.1. The summed E-state index contributed by atoms with van der Waals surface area (Å²) in [6, 6.07) is 9.11. The summed E-state index contributed by atoms with van der Waals surface area (Å²) >= 11 is 0. The van der Waals surface area contributed by atoms with Gasteiger partial charge in [0.2, 0.25) is 5.91 Å². The Kier molecular flexibility index (Phi) is 8.08. The number of anilines is 2. The van der Waals surface area contributed by atoms with Crippen LogP contribution in [0.5, 0.6) is 5.75 Å². The summed E-state index contributed by atoms with van der Waals surface area (Å²) in [6.07, 6.45) is 3.63. The molecule has 6 N–H and O–H groups in total. The van der Waals surface area contributed by atoms with E-state index in [-0.39, 0.29) is 24.4 Å². The Morgan fingerprint density at radius 1 is 1.24 bits per heavy atom. The molecular weight excluding hydrogens is 498 g/mol. The number of hydrazine groups is 2. The summed E-state index contributed by atoms with van der Waals surface area (Å²) in [5.41, 5.74) is 8.39. The highest BCUT2D eigenvalue weighted by molar-refractivity contribution is 5.90. The van der Waals surface area contributed by atoms with Crippen LogP contribution in [0.2, 0.25) is 0 Å². The van der Waals surface area contributed by atoms with Gasteiger partial charge in [-0.1, -0.05) is 6.07 Å². The van der Waals surface area contributed by atoms with Gasteiger partial charge in [0.05, 0.1) is 24.9 Å². The second-order valence-corrected chi connectivity index (χ2v) is 9.30. The molecule has 1 aromatic heterocycles. The van der Waals surface area contributed by atoms with Gasteiger partial charge in [0, 0.05) is 17.0 Å². The maximum Gasteiger partial charge on any atom is 0.239 e. The minimum atomic E-state index is -1.09. The van der Waals surface area contributed by atoms with Crippen LogP contribution < -0.4 is 31.6 Å². The lowest BCUT2D eigenvalue weighted by molar-refractivity contribution is -0.118. The van der Waals surface area contributed by atoms with Crippen molar-refractivity contribution in [3.05, 3.63) is 66.4 Å². The fourth-order valence-corrected chi connectivity index (χ4v) is 3.70. The fourth-order valence-electron chi connectivity index (χ4n) is 3.70. The summed E-state index contributed by atoms with van der Waals surface area (Å²) in [6.45, 7) is 4.78. The van der Waals surface area contributed by atoms with Crippen LogP contribution in [-0.2, 0) is 4.79 Å². The topological polar surface area (TPSA) is 141 Å². The number of benzene rings is 2. The molecule has 1 aliphatic heterocycles. The predicted molar refractivity (Wildman–Crippen MR) is 138 cm³/mol. The van der Waals surface area contributed by atoms with E-state index in [9.17, 15) is 18.7 Å². The van der Waals surface area contributed by atoms with Crippen molar-refractivity contribution in [2.75, 3.05) is 36.7 Å². The number of halogens is 2. The maximum absolute atomic E-state index is 14.5. The van der Waals surface area contributed by atoms with Crippen LogP contribution in [0.4, 0.5) is 20.3 Å². The Balaban J connectivity index is 1.46. The highest BCUT2D eigenvalue weighted by Crippen LogP contribution is 2.28. The molecule has 0 unspecified atom stereocenters. The molecule has 1 aliphatic rings. The van der Waals surface area contributed by atoms with Crippen LogP contribution in [-0.4, -0.2) is 57.8 Å². The number of carbonyl (C=O) groups is 1. The molecule has 0 bridgehead atoms. The smallest absolute Gasteiger partial charge is 0.239 e. The number of nitrogens with zero attached hydrogens (tertiary/aromatic N) is 4. The number of ether oxygens (including phenoxy) is 1. The second-order valence-electron chi connectivity index (χ2n) is 9.30. The molecule has 0 saturated heterocycles. The average Bonchev–Trinajstić information content (AvgIpc) is 3.26. The number of hydrogen-bond acceptors (Lipinski definition) is 10. The first-order valence-corrected chi connectivity index (χ1v) is 11.9. The molecule has 38 heavy (non-hydrogen) atoms. The molecule has 0 atom stereocenters. The monoisotopic (exact) mass is 528 g/mol. The van der Waals surface area contributed by atoms with E-state index < -0.39 is 17.5 Å². The molecule has 2 heterocycles. The van der Waals surface area contributed by atoms with Crippen molar-refractivity contribution in [1.82, 2.24) is 25.7 Å². The summed E-state index contributed by atoms with van der Waals surface area (Å²) < 4.78 is 34.2. The predicted octanol–water partition coefficient (Wildman–Crippen LogP) is 1.98. The van der Waals surface area contributed by atoms with Crippen LogP contribution in [0, 0.1) is 11.6 Å². The number of nitrogens with two attached hydrogens (primary N) is 1. The molecule has 0 fully saturated rings. The number of aliphatic hydroxyl groups is 1. The van der Waals surface area contributed by atoms with Crippen molar-refractivity contribution in [3.8, 4) is 5.75 Å². The molecule has 202 valence electrons. The maximum atomic E-state index is 14.5. The zero-order valence-electron chi connectivity index (χ0n) is 21.0. The number of aliphatic hydroxyl groups excluding tert-OH is 1. The van der Waals surface area contributed by atoms with Gasteiger partial charge in [0.15, 0.2) is 11.6 Å². The Labute approximate surface area is 218 Å². The summed E-state index contributed by atoms with van der Waals surface area (Å²) in [5.74, 6) is -1.36. The molecule has 0 aliphatic carbocycles. The standard InChI is InChI=1S/C25H30F2N8O3/c1-25(2,14-36)31-9-4-10-38-16-7-8-17-19(11-16)29-15-30-24(17)32-22-13-34(12-21(28)37)35(33-22)20-6-3-5-18(26)23(20)27/h3,5-8,11,13,15,31,33,36H,4,9-10,12,14H2,1-2H3,(H2,28,37)(H,29,30,32). The first kappa shape index (κ1) is 26.8. The van der Waals surface area contributed by atoms with Crippen molar-refractivity contribution in [2.24, 2.45) is 5.73 Å². The quantitative estimate of drug-likeness (QED) is 0.222. The number of fused-ring (bicyclic) bond motifs is 1. The minimum Gasteiger partial charge on any atom is -0.493 e. The molecule has 0 radical (unpaired) electrons. The Hall–Kier alpha value is -4.23. The lowest BCUT2D eigenvalue weighted by Gasteiger charge is -2.29. The first-order chi connectivity index (χ1) is 18.2. The number of amides is 1. The van der Waals surface area contributed by atoms with E-state index in [0.717, 1.165) is 12.5 Å². The fraction of sp³-hybridized carbons (Fsp3) is 0.320. The number of hydrogen-bond donors (Lipinski definition) is 5. The van der Waals surface area contributed by atoms with Crippen LogP contribution in [0.25, 0.3) is 10.9 Å². The zero-order chi connectivity index (χ0) is 27.3. The van der Waals surface area contributed by atoms with E-state index in [0.29, 0.717) is 41.4 Å². The van der Waals surface area contributed by atoms with Crippen LogP contribution in [0.15, 0.2) is 54.7 Å². The van der Waals surface area contributed by atoms with Crippen molar-refractivity contribution in [2.45, 2.75) is 25.8 Å². The third kappa shape index (κ3) is 6.36. The van der Waals surface area contributed by atoms with E-state index in [1.54, 1.807) is 18.2 Å². The van der Waals surface area contributed by atoms with Crippen molar-refractivity contribution >= 4 is 28.3 Å². The van der Waals surface area contributed by atoms with Crippen molar-refractivity contribution < 1.29 is 23.4 Å². The van der Waals surface area contributed by atoms with E-state index in [1.165, 1.54) is 34.8 Å². The van der Waals surface area contributed by atoms with E-state index in [4.69, 9.17) is 10.5 Å². The zero-order valence-corrected chi connectivity index (χ0v) is 21.0. The Bertz CT molecular complexity index is 1340. The van der Waals surface area contributed by atoms with Crippen molar-refractivity contribution in [1.29, 1.82) is 0 Å². The van der Waals surface area contributed by atoms with Gasteiger partial charge in [-0.2, -0.15) is 5.12 Å². The molecule has 13 heteroatoms. The van der Waals surface area contributed by atoms with Gasteiger partial charge in [0.1, 0.15) is 35.9 Å². The summed E-state index contributed by atoms with van der Waals surface area (Å²) in [7, 11) is 0. The molecule has 0 saturated carbocycles. The number of carbonyl (C=O) groups excluding carboxylic acids is 1. The minimum absolute atomic E-state index is 0.0456. The van der Waals surface area contributed by atoms with E-state index in [2.05, 4.69) is 26.0 Å². The molecule has 4 rings (SSSR count). The van der Waals surface area contributed by atoms with Gasteiger partial charge in [-0.3, -0.25) is 15.2 Å². The molecule has 0 spiro atoms. The van der Waals surface area contributed by atoms with Gasteiger partial charge in [-0.15, -0.1) is 0 Å². The molecule has 1 amide bonds. The van der Waals surface area contributed by atoms with Gasteiger partial charge in [0.25, 0.3) is 0 Å². The average molecular weight is 529 g/mol. The summed E-state index contributed by atoms with van der Waals surface area (Å²) in [4.78, 5) is 20.2. The third-order valence-electron chi connectivity index (χ3n) is 5.69. The molecule has 2 aromatic carbocycles. The van der Waals surface area contributed by atoms with Gasteiger partial charge >= 0.3 is 0 Å². The Morgan fingerprint density at radius 2 is 2.05 bits per heavy atom. The highest BCUT2D eigenvalue weighted by atomic mass is 19.2. The highest BCUT2D eigenvalue weighted by Gasteiger charge is 2.27. The van der Waals surface area contributed by atoms with Crippen LogP contribution in [0.1, 0.15) is 20.3 Å². The summed E-state index contributed by atoms with van der Waals surface area (Å²) in [5, 5.41) is 18.8. The number of primary amides is 1. The number of rotatable bonds is 12. The van der Waals surface area contributed by atoms with Gasteiger partial charge in [-0.25, -0.2) is 18.7 Å². The largest absolute Gasteiger partial charge is 0.493 e. The van der Waals surface area contributed by atoms with Crippen molar-refractivity contribution in [3.63, 3.8) is 0 Å². The van der Waals surface area contributed by atoms with E-state index >= 15 is 0 Å². The lowest BCUT2D eigenvalue weighted by Crippen LogP contribution is -2.47. The van der Waals surface area contributed by atoms with Crippen LogP contribution in [0.3, 0.4) is 0 Å². The molecule has 11 nitrogen and oxygen atoms in total. The number of aromatic nitrogens is 2. The third-order valence-corrected chi connectivity index (χ3v) is 5.69.